The third kappa shape index (κ3) is 4.33. The highest BCUT2D eigenvalue weighted by atomic mass is 35.5. The van der Waals surface area contributed by atoms with Gasteiger partial charge >= 0.3 is 6.09 Å². The van der Waals surface area contributed by atoms with Gasteiger partial charge < -0.3 is 4.74 Å². The van der Waals surface area contributed by atoms with Gasteiger partial charge in [-0.25, -0.2) is 4.79 Å². The summed E-state index contributed by atoms with van der Waals surface area (Å²) in [6, 6.07) is 0. The molecule has 0 atom stereocenters. The third-order valence-electron chi connectivity index (χ3n) is 1.44. The molecular formula is C10H16ClNO2. The van der Waals surface area contributed by atoms with Gasteiger partial charge in [0.15, 0.2) is 0 Å². The molecule has 0 bridgehead atoms. The van der Waals surface area contributed by atoms with Gasteiger partial charge in [-0.05, 0) is 26.8 Å². The van der Waals surface area contributed by atoms with Crippen molar-refractivity contribution in [3.05, 3.63) is 24.4 Å². The Labute approximate surface area is 90.8 Å². The fraction of sp³-hybridized carbons (Fsp3) is 0.500. The van der Waals surface area contributed by atoms with Crippen LogP contribution in [-0.2, 0) is 4.74 Å². The van der Waals surface area contributed by atoms with Crippen molar-refractivity contribution in [3.63, 3.8) is 0 Å². The maximum Gasteiger partial charge on any atom is 0.414 e. The van der Waals surface area contributed by atoms with E-state index in [0.717, 1.165) is 0 Å². The van der Waals surface area contributed by atoms with E-state index in [9.17, 15) is 4.79 Å². The lowest BCUT2D eigenvalue weighted by atomic mass is 10.2. The zero-order valence-electron chi connectivity index (χ0n) is 8.69. The fourth-order valence-electron chi connectivity index (χ4n) is 0.923. The van der Waals surface area contributed by atoms with Gasteiger partial charge in [-0.15, -0.1) is 12.4 Å². The molecule has 0 aromatic carbocycles. The standard InChI is InChI=1S/C10H15NO2.ClH/c1-10(2,3)13-9(12)11-7-5-4-6-8-11;/h4-7H,8H2,1-3H3;1H. The molecular weight excluding hydrogens is 202 g/mol. The summed E-state index contributed by atoms with van der Waals surface area (Å²) in [5.74, 6) is 0. The number of rotatable bonds is 0. The van der Waals surface area contributed by atoms with Crippen molar-refractivity contribution < 1.29 is 9.53 Å². The van der Waals surface area contributed by atoms with Crippen molar-refractivity contribution in [2.24, 2.45) is 0 Å². The second-order valence-corrected chi connectivity index (χ2v) is 3.90. The lowest BCUT2D eigenvalue weighted by Gasteiger charge is -2.25. The van der Waals surface area contributed by atoms with Gasteiger partial charge in [0.1, 0.15) is 5.60 Å². The molecule has 1 aliphatic rings. The Kier molecular flexibility index (Phi) is 4.71. The number of hydrogen-bond donors (Lipinski definition) is 0. The molecule has 0 saturated carbocycles. The monoisotopic (exact) mass is 217 g/mol. The summed E-state index contributed by atoms with van der Waals surface area (Å²) in [5.41, 5.74) is -0.425. The average molecular weight is 218 g/mol. The zero-order chi connectivity index (χ0) is 9.90. The van der Waals surface area contributed by atoms with Gasteiger partial charge in [0.2, 0.25) is 0 Å². The lowest BCUT2D eigenvalue weighted by Crippen LogP contribution is -2.34. The number of carbonyl (C=O) groups is 1. The Morgan fingerprint density at radius 2 is 2.00 bits per heavy atom. The van der Waals surface area contributed by atoms with E-state index in [4.69, 9.17) is 4.74 Å². The summed E-state index contributed by atoms with van der Waals surface area (Å²) in [4.78, 5) is 13.0. The smallest absolute Gasteiger partial charge is 0.414 e. The van der Waals surface area contributed by atoms with E-state index < -0.39 is 5.60 Å². The molecule has 1 aliphatic heterocycles. The fourth-order valence-corrected chi connectivity index (χ4v) is 0.923. The summed E-state index contributed by atoms with van der Waals surface area (Å²) in [6.45, 7) is 6.16. The first kappa shape index (κ1) is 13.0. The summed E-state index contributed by atoms with van der Waals surface area (Å²) < 4.78 is 5.18. The minimum atomic E-state index is -0.425. The Balaban J connectivity index is 0.00000169. The topological polar surface area (TPSA) is 29.5 Å². The zero-order valence-corrected chi connectivity index (χ0v) is 9.50. The van der Waals surface area contributed by atoms with Crippen molar-refractivity contribution in [2.45, 2.75) is 26.4 Å². The molecule has 0 N–H and O–H groups in total. The first-order valence-corrected chi connectivity index (χ1v) is 4.32. The van der Waals surface area contributed by atoms with Crippen molar-refractivity contribution in [1.82, 2.24) is 4.90 Å². The summed E-state index contributed by atoms with van der Waals surface area (Å²) in [5, 5.41) is 0. The van der Waals surface area contributed by atoms with Crippen molar-refractivity contribution in [3.8, 4) is 0 Å². The average Bonchev–Trinajstić information content (AvgIpc) is 2.03. The third-order valence-corrected chi connectivity index (χ3v) is 1.44. The van der Waals surface area contributed by atoms with Crippen LogP contribution in [0.4, 0.5) is 4.79 Å². The first-order chi connectivity index (χ1) is 5.99. The van der Waals surface area contributed by atoms with Gasteiger partial charge in [0.25, 0.3) is 0 Å². The van der Waals surface area contributed by atoms with Crippen LogP contribution in [-0.4, -0.2) is 23.1 Å². The molecule has 0 aromatic heterocycles. The highest BCUT2D eigenvalue weighted by molar-refractivity contribution is 5.85. The van der Waals surface area contributed by atoms with Crippen LogP contribution in [0.3, 0.4) is 0 Å². The summed E-state index contributed by atoms with van der Waals surface area (Å²) in [7, 11) is 0. The number of nitrogens with zero attached hydrogens (tertiary/aromatic N) is 1. The molecule has 1 heterocycles. The van der Waals surface area contributed by atoms with Crippen molar-refractivity contribution in [2.75, 3.05) is 6.54 Å². The highest BCUT2D eigenvalue weighted by Crippen LogP contribution is 2.11. The van der Waals surface area contributed by atoms with Crippen LogP contribution in [0.25, 0.3) is 0 Å². The number of halogens is 1. The number of carbonyl (C=O) groups excluding carboxylic acids is 1. The Bertz CT molecular complexity index is 253. The quantitative estimate of drug-likeness (QED) is 0.625. The number of allylic oxidation sites excluding steroid dienone is 2. The number of amides is 1. The molecule has 4 heteroatoms. The van der Waals surface area contributed by atoms with Crippen molar-refractivity contribution in [1.29, 1.82) is 0 Å². The van der Waals surface area contributed by atoms with E-state index in [1.54, 1.807) is 6.20 Å². The SMILES string of the molecule is CC(C)(C)OC(=O)N1C=CC=CC1.Cl. The molecule has 0 spiro atoms. The van der Waals surface area contributed by atoms with E-state index in [1.165, 1.54) is 4.90 Å². The van der Waals surface area contributed by atoms with Crippen LogP contribution in [0.2, 0.25) is 0 Å². The predicted octanol–water partition coefficient (Wildman–Crippen LogP) is 2.73. The van der Waals surface area contributed by atoms with E-state index >= 15 is 0 Å². The molecule has 0 aliphatic carbocycles. The minimum absolute atomic E-state index is 0. The minimum Gasteiger partial charge on any atom is -0.443 e. The summed E-state index contributed by atoms with van der Waals surface area (Å²) in [6.07, 6.45) is 7.04. The van der Waals surface area contributed by atoms with E-state index in [-0.39, 0.29) is 18.5 Å². The van der Waals surface area contributed by atoms with Crippen molar-refractivity contribution >= 4 is 18.5 Å². The first-order valence-electron chi connectivity index (χ1n) is 4.32. The van der Waals surface area contributed by atoms with Gasteiger partial charge in [0, 0.05) is 12.7 Å². The Hall–Kier alpha value is -0.960. The second-order valence-electron chi connectivity index (χ2n) is 3.90. The van der Waals surface area contributed by atoms with Gasteiger partial charge in [-0.2, -0.15) is 0 Å². The van der Waals surface area contributed by atoms with E-state index in [0.29, 0.717) is 6.54 Å². The van der Waals surface area contributed by atoms with Crippen LogP contribution in [0.1, 0.15) is 20.8 Å². The van der Waals surface area contributed by atoms with E-state index in [2.05, 4.69) is 0 Å². The lowest BCUT2D eigenvalue weighted by molar-refractivity contribution is 0.0350. The molecule has 3 nitrogen and oxygen atoms in total. The van der Waals surface area contributed by atoms with Crippen LogP contribution in [0.5, 0.6) is 0 Å². The van der Waals surface area contributed by atoms with E-state index in [1.807, 2.05) is 39.0 Å². The highest BCUT2D eigenvalue weighted by Gasteiger charge is 2.20. The molecule has 1 amide bonds. The maximum absolute atomic E-state index is 11.4. The number of ether oxygens (including phenoxy) is 1. The predicted molar refractivity (Wildman–Crippen MR) is 58.5 cm³/mol. The molecule has 14 heavy (non-hydrogen) atoms. The number of hydrogen-bond acceptors (Lipinski definition) is 2. The normalized spacial score (nSPS) is 14.9. The second kappa shape index (κ2) is 5.05. The molecule has 0 saturated heterocycles. The largest absolute Gasteiger partial charge is 0.443 e. The molecule has 0 aromatic rings. The Morgan fingerprint density at radius 1 is 1.36 bits per heavy atom. The van der Waals surface area contributed by atoms with Crippen LogP contribution in [0, 0.1) is 0 Å². The molecule has 1 rings (SSSR count). The molecule has 80 valence electrons. The Morgan fingerprint density at radius 3 is 2.43 bits per heavy atom. The molecule has 0 fully saturated rings. The van der Waals surface area contributed by atoms with Crippen LogP contribution >= 0.6 is 12.4 Å². The van der Waals surface area contributed by atoms with Crippen LogP contribution in [0.15, 0.2) is 24.4 Å². The molecule has 0 radical (unpaired) electrons. The van der Waals surface area contributed by atoms with Gasteiger partial charge in [-0.3, -0.25) is 4.90 Å². The summed E-state index contributed by atoms with van der Waals surface area (Å²) >= 11 is 0. The van der Waals surface area contributed by atoms with Crippen LogP contribution < -0.4 is 0 Å². The van der Waals surface area contributed by atoms with Gasteiger partial charge in [-0.1, -0.05) is 12.2 Å². The molecule has 0 unspecified atom stereocenters. The van der Waals surface area contributed by atoms with Gasteiger partial charge in [0.05, 0.1) is 0 Å². The maximum atomic E-state index is 11.4.